The van der Waals surface area contributed by atoms with Gasteiger partial charge in [0.1, 0.15) is 11.4 Å². The predicted molar refractivity (Wildman–Crippen MR) is 105 cm³/mol. The van der Waals surface area contributed by atoms with Crippen LogP contribution in [0.2, 0.25) is 0 Å². The number of hydrogen-bond donors (Lipinski definition) is 0. The lowest BCUT2D eigenvalue weighted by Crippen LogP contribution is -2.51. The van der Waals surface area contributed by atoms with E-state index in [0.717, 1.165) is 5.69 Å². The smallest absolute Gasteiger partial charge is 0.324 e. The molecule has 2 fully saturated rings. The zero-order valence-electron chi connectivity index (χ0n) is 15.8. The van der Waals surface area contributed by atoms with Gasteiger partial charge in [-0.25, -0.2) is 13.2 Å². The molecule has 0 unspecified atom stereocenters. The Morgan fingerprint density at radius 1 is 1.21 bits per heavy atom. The maximum atomic E-state index is 12.8. The Kier molecular flexibility index (Phi) is 4.10. The molecule has 0 atom stereocenters. The highest BCUT2D eigenvalue weighted by Gasteiger charge is 2.38. The van der Waals surface area contributed by atoms with Gasteiger partial charge in [0.2, 0.25) is 10.0 Å². The average molecular weight is 416 g/mol. The molecule has 4 heterocycles. The fourth-order valence-corrected chi connectivity index (χ4v) is 5.21. The van der Waals surface area contributed by atoms with Gasteiger partial charge in [-0.15, -0.1) is 0 Å². The summed E-state index contributed by atoms with van der Waals surface area (Å²) in [5.41, 5.74) is 1.72. The monoisotopic (exact) mass is 416 g/mol. The molecule has 0 radical (unpaired) electrons. The van der Waals surface area contributed by atoms with Crippen LogP contribution >= 0.6 is 0 Å². The minimum absolute atomic E-state index is 0.0528. The van der Waals surface area contributed by atoms with Crippen molar-refractivity contribution >= 4 is 32.7 Å². The van der Waals surface area contributed by atoms with Crippen LogP contribution in [-0.4, -0.2) is 71.8 Å². The van der Waals surface area contributed by atoms with Gasteiger partial charge in [0.15, 0.2) is 5.58 Å². The van der Waals surface area contributed by atoms with E-state index in [2.05, 4.69) is 10.3 Å². The largest absolute Gasteiger partial charge is 0.356 e. The number of sulfonamides is 1. The van der Waals surface area contributed by atoms with Crippen molar-refractivity contribution in [2.75, 3.05) is 38.1 Å². The first-order valence-electron chi connectivity index (χ1n) is 9.30. The Bertz CT molecular complexity index is 1180. The van der Waals surface area contributed by atoms with Crippen LogP contribution in [0.4, 0.5) is 10.5 Å². The molecule has 152 valence electrons. The molecule has 2 aliphatic rings. The van der Waals surface area contributed by atoms with E-state index in [1.807, 2.05) is 12.1 Å². The van der Waals surface area contributed by atoms with Gasteiger partial charge in [-0.3, -0.25) is 9.58 Å². The summed E-state index contributed by atoms with van der Waals surface area (Å²) in [5, 5.41) is 8.96. The second kappa shape index (κ2) is 6.56. The summed E-state index contributed by atoms with van der Waals surface area (Å²) < 4.78 is 33.9. The third-order valence-electron chi connectivity index (χ3n) is 5.48. The van der Waals surface area contributed by atoms with Gasteiger partial charge in [0, 0.05) is 44.8 Å². The van der Waals surface area contributed by atoms with E-state index in [-0.39, 0.29) is 17.8 Å². The molecule has 10 nitrogen and oxygen atoms in total. The van der Waals surface area contributed by atoms with Crippen LogP contribution in [0.15, 0.2) is 41.2 Å². The van der Waals surface area contributed by atoms with Crippen molar-refractivity contribution in [2.24, 2.45) is 0 Å². The molecule has 11 heteroatoms. The van der Waals surface area contributed by atoms with Gasteiger partial charge >= 0.3 is 6.03 Å². The van der Waals surface area contributed by atoms with Crippen LogP contribution < -0.4 is 4.90 Å². The molecule has 2 aromatic heterocycles. The average Bonchev–Trinajstić information content (AvgIpc) is 3.35. The molecule has 0 saturated carbocycles. The highest BCUT2D eigenvalue weighted by molar-refractivity contribution is 7.88. The molecule has 0 aliphatic carbocycles. The number of rotatable bonds is 5. The first kappa shape index (κ1) is 18.1. The summed E-state index contributed by atoms with van der Waals surface area (Å²) in [6.07, 6.45) is 3.45. The lowest BCUT2D eigenvalue weighted by molar-refractivity contribution is 0.191. The van der Waals surface area contributed by atoms with Crippen molar-refractivity contribution in [3.05, 3.63) is 42.4 Å². The van der Waals surface area contributed by atoms with E-state index >= 15 is 0 Å². The lowest BCUT2D eigenvalue weighted by Gasteiger charge is -2.37. The lowest BCUT2D eigenvalue weighted by atomic mass is 10.2. The van der Waals surface area contributed by atoms with E-state index in [0.29, 0.717) is 42.8 Å². The van der Waals surface area contributed by atoms with Crippen LogP contribution in [0.1, 0.15) is 11.7 Å². The zero-order valence-corrected chi connectivity index (χ0v) is 16.6. The molecule has 1 aromatic carbocycles. The fourth-order valence-electron chi connectivity index (χ4n) is 3.67. The van der Waals surface area contributed by atoms with Crippen LogP contribution in [0.5, 0.6) is 0 Å². The second-order valence-electron chi connectivity index (χ2n) is 7.39. The van der Waals surface area contributed by atoms with Gasteiger partial charge in [0.25, 0.3) is 0 Å². The normalized spacial score (nSPS) is 18.7. The second-order valence-corrected chi connectivity index (χ2v) is 9.36. The number of nitrogens with zero attached hydrogens (tertiary/aromatic N) is 6. The zero-order chi connectivity index (χ0) is 20.2. The number of carbonyl (C=O) groups excluding carboxylic acids is 1. The molecular formula is C18H20N6O4S. The fraction of sp³-hybridized carbons (Fsp3) is 0.389. The van der Waals surface area contributed by atoms with Crippen LogP contribution in [-0.2, 0) is 15.8 Å². The minimum Gasteiger partial charge on any atom is -0.356 e. The predicted octanol–water partition coefficient (Wildman–Crippen LogP) is 1.28. The van der Waals surface area contributed by atoms with Crippen LogP contribution in [0.3, 0.4) is 0 Å². The number of hydrogen-bond acceptors (Lipinski definition) is 6. The van der Waals surface area contributed by atoms with Gasteiger partial charge in [-0.05, 0) is 12.1 Å². The Balaban J connectivity index is 1.25. The highest BCUT2D eigenvalue weighted by Crippen LogP contribution is 2.29. The number of benzene rings is 1. The SMILES string of the molecule is CN1CCN(c2cnn(C3CN(S(=O)(=O)Cc4noc5ccccc45)C3)c2)C1=O. The van der Waals surface area contributed by atoms with Gasteiger partial charge < -0.3 is 9.42 Å². The molecule has 0 bridgehead atoms. The number of para-hydroxylation sites is 1. The Morgan fingerprint density at radius 3 is 2.76 bits per heavy atom. The number of urea groups is 1. The number of likely N-dealkylation sites (N-methyl/N-ethyl adjacent to an activating group) is 1. The standard InChI is InChI=1S/C18H20N6O4S/c1-21-6-7-23(18(21)25)13-8-19-24(11-13)14-9-22(10-14)29(26,27)12-16-15-4-2-3-5-17(15)28-20-16/h2-5,8,11,14H,6-7,9-10,12H2,1H3. The van der Waals surface area contributed by atoms with E-state index in [4.69, 9.17) is 4.52 Å². The molecule has 2 aliphatic heterocycles. The molecule has 29 heavy (non-hydrogen) atoms. The highest BCUT2D eigenvalue weighted by atomic mass is 32.2. The van der Waals surface area contributed by atoms with Gasteiger partial charge in [-0.1, -0.05) is 17.3 Å². The number of anilines is 1. The van der Waals surface area contributed by atoms with Crippen molar-refractivity contribution in [1.29, 1.82) is 0 Å². The van der Waals surface area contributed by atoms with E-state index in [1.54, 1.807) is 46.1 Å². The van der Waals surface area contributed by atoms with Crippen molar-refractivity contribution in [3.63, 3.8) is 0 Å². The van der Waals surface area contributed by atoms with E-state index in [9.17, 15) is 13.2 Å². The van der Waals surface area contributed by atoms with Crippen LogP contribution in [0, 0.1) is 0 Å². The molecule has 2 amide bonds. The number of carbonyl (C=O) groups is 1. The summed E-state index contributed by atoms with van der Waals surface area (Å²) in [6, 6.07) is 7.10. The summed E-state index contributed by atoms with van der Waals surface area (Å²) in [5.74, 6) is -0.199. The summed E-state index contributed by atoms with van der Waals surface area (Å²) in [7, 11) is -1.74. The summed E-state index contributed by atoms with van der Waals surface area (Å²) in [6.45, 7) is 1.98. The van der Waals surface area contributed by atoms with Gasteiger partial charge in [-0.2, -0.15) is 9.40 Å². The summed E-state index contributed by atoms with van der Waals surface area (Å²) in [4.78, 5) is 15.4. The molecular weight excluding hydrogens is 396 g/mol. The number of aromatic nitrogens is 3. The molecule has 3 aromatic rings. The molecule has 0 spiro atoms. The maximum absolute atomic E-state index is 12.8. The van der Waals surface area contributed by atoms with Crippen molar-refractivity contribution in [2.45, 2.75) is 11.8 Å². The topological polar surface area (TPSA) is 105 Å². The van der Waals surface area contributed by atoms with Crippen LogP contribution in [0.25, 0.3) is 11.0 Å². The first-order valence-corrected chi connectivity index (χ1v) is 10.9. The third kappa shape index (κ3) is 3.06. The van der Waals surface area contributed by atoms with Crippen molar-refractivity contribution < 1.29 is 17.7 Å². The summed E-state index contributed by atoms with van der Waals surface area (Å²) >= 11 is 0. The molecule has 0 N–H and O–H groups in total. The Morgan fingerprint density at radius 2 is 2.00 bits per heavy atom. The maximum Gasteiger partial charge on any atom is 0.324 e. The van der Waals surface area contributed by atoms with E-state index in [1.165, 1.54) is 4.31 Å². The quantitative estimate of drug-likeness (QED) is 0.621. The van der Waals surface area contributed by atoms with Gasteiger partial charge in [0.05, 0.1) is 17.9 Å². The minimum atomic E-state index is -3.51. The first-order chi connectivity index (χ1) is 13.9. The third-order valence-corrected chi connectivity index (χ3v) is 7.21. The number of fused-ring (bicyclic) bond motifs is 1. The van der Waals surface area contributed by atoms with Crippen molar-refractivity contribution in [3.8, 4) is 0 Å². The Labute approximate surface area is 167 Å². The van der Waals surface area contributed by atoms with E-state index < -0.39 is 10.0 Å². The molecule has 5 rings (SSSR count). The number of amides is 2. The Hall–Kier alpha value is -2.92. The molecule has 2 saturated heterocycles. The van der Waals surface area contributed by atoms with Crippen molar-refractivity contribution in [1.82, 2.24) is 24.1 Å².